The molecule has 1 aromatic heterocycles. The van der Waals surface area contributed by atoms with Crippen molar-refractivity contribution in [2.45, 2.75) is 59.3 Å². The normalized spacial score (nSPS) is 11.7. The quantitative estimate of drug-likeness (QED) is 0.810. The summed E-state index contributed by atoms with van der Waals surface area (Å²) in [5.41, 5.74) is 3.74. The maximum absolute atomic E-state index is 4.75. The molecule has 1 rings (SSSR count). The van der Waals surface area contributed by atoms with E-state index < -0.39 is 0 Å². The van der Waals surface area contributed by atoms with Crippen LogP contribution in [0.2, 0.25) is 0 Å². The number of nitrogens with zero attached hydrogens (tertiary/aromatic N) is 3. The lowest BCUT2D eigenvalue weighted by Gasteiger charge is -2.23. The molecule has 0 aliphatic carbocycles. The lowest BCUT2D eigenvalue weighted by Crippen LogP contribution is -2.18. The van der Waals surface area contributed by atoms with E-state index in [1.165, 1.54) is 17.0 Å². The Morgan fingerprint density at radius 2 is 1.11 bits per heavy atom. The summed E-state index contributed by atoms with van der Waals surface area (Å²) in [5.74, 6) is 2.16. The molecular formula is C15H27N3. The Morgan fingerprint density at radius 3 is 1.33 bits per heavy atom. The molecule has 0 saturated carbocycles. The van der Waals surface area contributed by atoms with Gasteiger partial charge in [-0.05, 0) is 23.3 Å². The number of aromatic nitrogens is 2. The monoisotopic (exact) mass is 249 g/mol. The molecule has 0 N–H and O–H groups in total. The second-order valence-corrected chi connectivity index (χ2v) is 6.07. The maximum atomic E-state index is 4.75. The Kier molecular flexibility index (Phi) is 4.71. The van der Waals surface area contributed by atoms with E-state index in [2.05, 4.69) is 41.5 Å². The van der Waals surface area contributed by atoms with Crippen LogP contribution in [0, 0.1) is 0 Å². The molecule has 0 fully saturated rings. The van der Waals surface area contributed by atoms with Crippen LogP contribution in [-0.4, -0.2) is 24.1 Å². The Balaban J connectivity index is 3.55. The molecule has 0 amide bonds. The first-order valence-electron chi connectivity index (χ1n) is 6.84. The molecule has 1 heterocycles. The predicted molar refractivity (Wildman–Crippen MR) is 78.6 cm³/mol. The molecule has 0 saturated heterocycles. The van der Waals surface area contributed by atoms with Gasteiger partial charge in [0.25, 0.3) is 0 Å². The smallest absolute Gasteiger partial charge is 0.225 e. The van der Waals surface area contributed by atoms with Gasteiger partial charge >= 0.3 is 0 Å². The molecule has 0 aliphatic heterocycles. The summed E-state index contributed by atoms with van der Waals surface area (Å²) in [6, 6.07) is 0. The summed E-state index contributed by atoms with van der Waals surface area (Å²) in [4.78, 5) is 11.5. The van der Waals surface area contributed by atoms with Crippen LogP contribution in [-0.2, 0) is 0 Å². The first-order valence-corrected chi connectivity index (χ1v) is 6.84. The molecule has 0 aromatic carbocycles. The van der Waals surface area contributed by atoms with E-state index in [9.17, 15) is 0 Å². The Hall–Kier alpha value is -1.12. The molecule has 18 heavy (non-hydrogen) atoms. The van der Waals surface area contributed by atoms with Crippen molar-refractivity contribution in [2.75, 3.05) is 19.0 Å². The van der Waals surface area contributed by atoms with Gasteiger partial charge in [-0.3, -0.25) is 0 Å². The predicted octanol–water partition coefficient (Wildman–Crippen LogP) is 3.91. The Bertz CT molecular complexity index is 377. The van der Waals surface area contributed by atoms with Crippen molar-refractivity contribution in [1.29, 1.82) is 0 Å². The van der Waals surface area contributed by atoms with Gasteiger partial charge in [0.1, 0.15) is 0 Å². The van der Waals surface area contributed by atoms with Gasteiger partial charge in [-0.1, -0.05) is 41.5 Å². The van der Waals surface area contributed by atoms with Crippen LogP contribution in [0.3, 0.4) is 0 Å². The standard InChI is InChI=1S/C15H27N3/c1-9(2)12-13(10(3)4)16-15(18(7)8)17-14(12)11(5)6/h9-11H,1-8H3. The summed E-state index contributed by atoms with van der Waals surface area (Å²) in [6.07, 6.45) is 0. The fourth-order valence-corrected chi connectivity index (χ4v) is 2.16. The molecule has 0 bridgehead atoms. The van der Waals surface area contributed by atoms with Crippen LogP contribution in [0.1, 0.15) is 76.2 Å². The maximum Gasteiger partial charge on any atom is 0.225 e. The van der Waals surface area contributed by atoms with E-state index in [-0.39, 0.29) is 0 Å². The molecule has 3 heteroatoms. The minimum Gasteiger partial charge on any atom is -0.347 e. The first-order chi connectivity index (χ1) is 8.25. The van der Waals surface area contributed by atoms with Crippen molar-refractivity contribution >= 4 is 5.95 Å². The van der Waals surface area contributed by atoms with E-state index in [0.717, 1.165) is 5.95 Å². The van der Waals surface area contributed by atoms with Crippen LogP contribution < -0.4 is 4.90 Å². The van der Waals surface area contributed by atoms with E-state index in [1.807, 2.05) is 19.0 Å². The molecule has 1 aromatic rings. The minimum absolute atomic E-state index is 0.432. The van der Waals surface area contributed by atoms with Crippen molar-refractivity contribution < 1.29 is 0 Å². The highest BCUT2D eigenvalue weighted by Crippen LogP contribution is 2.32. The summed E-state index contributed by atoms with van der Waals surface area (Å²) < 4.78 is 0. The third-order valence-corrected chi connectivity index (χ3v) is 3.06. The first kappa shape index (κ1) is 14.9. The lowest BCUT2D eigenvalue weighted by atomic mass is 9.90. The van der Waals surface area contributed by atoms with Gasteiger partial charge < -0.3 is 4.90 Å². The fourth-order valence-electron chi connectivity index (χ4n) is 2.16. The van der Waals surface area contributed by atoms with Gasteiger partial charge in [-0.2, -0.15) is 0 Å². The third kappa shape index (κ3) is 3.01. The van der Waals surface area contributed by atoms with Gasteiger partial charge in [-0.15, -0.1) is 0 Å². The number of anilines is 1. The van der Waals surface area contributed by atoms with Gasteiger partial charge in [0.05, 0.1) is 11.4 Å². The van der Waals surface area contributed by atoms with Crippen LogP contribution in [0.15, 0.2) is 0 Å². The van der Waals surface area contributed by atoms with Gasteiger partial charge in [0.2, 0.25) is 5.95 Å². The van der Waals surface area contributed by atoms with Crippen LogP contribution in [0.5, 0.6) is 0 Å². The van der Waals surface area contributed by atoms with E-state index in [0.29, 0.717) is 17.8 Å². The highest BCUT2D eigenvalue weighted by molar-refractivity contribution is 5.40. The molecule has 0 radical (unpaired) electrons. The molecule has 0 spiro atoms. The highest BCUT2D eigenvalue weighted by atomic mass is 15.2. The lowest BCUT2D eigenvalue weighted by molar-refractivity contribution is 0.693. The number of hydrogen-bond donors (Lipinski definition) is 0. The zero-order chi connectivity index (χ0) is 14.0. The second kappa shape index (κ2) is 5.68. The summed E-state index contributed by atoms with van der Waals surface area (Å²) in [6.45, 7) is 13.3. The molecule has 102 valence electrons. The van der Waals surface area contributed by atoms with E-state index in [4.69, 9.17) is 9.97 Å². The van der Waals surface area contributed by atoms with Crippen molar-refractivity contribution in [2.24, 2.45) is 0 Å². The van der Waals surface area contributed by atoms with E-state index in [1.54, 1.807) is 0 Å². The topological polar surface area (TPSA) is 29.0 Å². The van der Waals surface area contributed by atoms with Crippen molar-refractivity contribution in [1.82, 2.24) is 9.97 Å². The summed E-state index contributed by atoms with van der Waals surface area (Å²) >= 11 is 0. The van der Waals surface area contributed by atoms with Gasteiger partial charge in [0, 0.05) is 14.1 Å². The number of hydrogen-bond acceptors (Lipinski definition) is 3. The average Bonchev–Trinajstić information content (AvgIpc) is 2.26. The summed E-state index contributed by atoms with van der Waals surface area (Å²) in [5, 5.41) is 0. The minimum atomic E-state index is 0.432. The second-order valence-electron chi connectivity index (χ2n) is 6.07. The molecular weight excluding hydrogens is 222 g/mol. The van der Waals surface area contributed by atoms with Gasteiger partial charge in [-0.25, -0.2) is 9.97 Å². The highest BCUT2D eigenvalue weighted by Gasteiger charge is 2.21. The SMILES string of the molecule is CC(C)c1nc(N(C)C)nc(C(C)C)c1C(C)C. The van der Waals surface area contributed by atoms with Crippen molar-refractivity contribution in [3.8, 4) is 0 Å². The van der Waals surface area contributed by atoms with Crippen LogP contribution >= 0.6 is 0 Å². The van der Waals surface area contributed by atoms with Crippen molar-refractivity contribution in [3.05, 3.63) is 17.0 Å². The molecule has 0 aliphatic rings. The fraction of sp³-hybridized carbons (Fsp3) is 0.733. The summed E-state index contributed by atoms with van der Waals surface area (Å²) in [7, 11) is 4.00. The molecule has 3 nitrogen and oxygen atoms in total. The molecule has 0 atom stereocenters. The Morgan fingerprint density at radius 1 is 0.722 bits per heavy atom. The van der Waals surface area contributed by atoms with Gasteiger partial charge in [0.15, 0.2) is 0 Å². The van der Waals surface area contributed by atoms with Crippen molar-refractivity contribution in [3.63, 3.8) is 0 Å². The van der Waals surface area contributed by atoms with E-state index >= 15 is 0 Å². The third-order valence-electron chi connectivity index (χ3n) is 3.06. The molecule has 0 unspecified atom stereocenters. The Labute approximate surface area is 112 Å². The number of rotatable bonds is 4. The van der Waals surface area contributed by atoms with Crippen LogP contribution in [0.4, 0.5) is 5.95 Å². The zero-order valence-corrected chi connectivity index (χ0v) is 13.1. The largest absolute Gasteiger partial charge is 0.347 e. The zero-order valence-electron chi connectivity index (χ0n) is 13.1. The van der Waals surface area contributed by atoms with Crippen LogP contribution in [0.25, 0.3) is 0 Å². The average molecular weight is 249 g/mol.